The minimum absolute atomic E-state index is 0.295. The van der Waals surface area contributed by atoms with Crippen molar-refractivity contribution in [2.75, 3.05) is 13.2 Å². The van der Waals surface area contributed by atoms with Crippen LogP contribution in [-0.2, 0) is 9.59 Å². The van der Waals surface area contributed by atoms with Crippen molar-refractivity contribution < 1.29 is 23.8 Å². The Bertz CT molecular complexity index is 479. The van der Waals surface area contributed by atoms with Gasteiger partial charge in [0.25, 0.3) is 5.91 Å². The quantitative estimate of drug-likeness (QED) is 0.896. The molecule has 6 heteroatoms. The SMILES string of the molecule is CC(C)(C)N(CC(=O)O)C(=O)COc1ccc(F)cc1. The number of hydrogen-bond donors (Lipinski definition) is 1. The average molecular weight is 283 g/mol. The minimum Gasteiger partial charge on any atom is -0.484 e. The standard InChI is InChI=1S/C14H18FNO4/c1-14(2,3)16(8-13(18)19)12(17)9-20-11-6-4-10(15)5-7-11/h4-7H,8-9H2,1-3H3,(H,18,19). The Morgan fingerprint density at radius 3 is 2.25 bits per heavy atom. The summed E-state index contributed by atoms with van der Waals surface area (Å²) in [6.45, 7) is 4.54. The summed E-state index contributed by atoms with van der Waals surface area (Å²) >= 11 is 0. The minimum atomic E-state index is -1.09. The van der Waals surface area contributed by atoms with Crippen LogP contribution < -0.4 is 4.74 Å². The first kappa shape index (κ1) is 15.9. The van der Waals surface area contributed by atoms with Crippen LogP contribution in [0, 0.1) is 5.82 Å². The maximum absolute atomic E-state index is 12.7. The van der Waals surface area contributed by atoms with E-state index >= 15 is 0 Å². The van der Waals surface area contributed by atoms with Gasteiger partial charge in [-0.05, 0) is 45.0 Å². The van der Waals surface area contributed by atoms with Crippen LogP contribution in [0.1, 0.15) is 20.8 Å². The zero-order valence-electron chi connectivity index (χ0n) is 11.7. The molecule has 0 aliphatic rings. The molecule has 0 saturated carbocycles. The van der Waals surface area contributed by atoms with Gasteiger partial charge in [-0.2, -0.15) is 0 Å². The molecule has 0 radical (unpaired) electrons. The van der Waals surface area contributed by atoms with Gasteiger partial charge in [0.1, 0.15) is 18.1 Å². The monoisotopic (exact) mass is 283 g/mol. The maximum Gasteiger partial charge on any atom is 0.323 e. The smallest absolute Gasteiger partial charge is 0.323 e. The second kappa shape index (κ2) is 6.36. The van der Waals surface area contributed by atoms with Crippen LogP contribution >= 0.6 is 0 Å². The normalized spacial score (nSPS) is 11.0. The van der Waals surface area contributed by atoms with Gasteiger partial charge in [0.05, 0.1) is 0 Å². The van der Waals surface area contributed by atoms with E-state index in [0.717, 1.165) is 0 Å². The molecule has 0 fully saturated rings. The van der Waals surface area contributed by atoms with Crippen molar-refractivity contribution in [3.63, 3.8) is 0 Å². The first-order valence-corrected chi connectivity index (χ1v) is 6.11. The lowest BCUT2D eigenvalue weighted by Gasteiger charge is -2.34. The molecule has 0 aliphatic carbocycles. The molecule has 0 bridgehead atoms. The van der Waals surface area contributed by atoms with Gasteiger partial charge in [-0.15, -0.1) is 0 Å². The molecule has 0 spiro atoms. The summed E-state index contributed by atoms with van der Waals surface area (Å²) in [5.41, 5.74) is -0.623. The predicted molar refractivity (Wildman–Crippen MR) is 71.0 cm³/mol. The molecule has 110 valence electrons. The fourth-order valence-electron chi connectivity index (χ4n) is 1.59. The Balaban J connectivity index is 2.67. The van der Waals surface area contributed by atoms with Crippen molar-refractivity contribution in [1.29, 1.82) is 0 Å². The van der Waals surface area contributed by atoms with Crippen molar-refractivity contribution in [3.8, 4) is 5.75 Å². The summed E-state index contributed by atoms with van der Waals surface area (Å²) in [5, 5.41) is 8.84. The lowest BCUT2D eigenvalue weighted by molar-refractivity contribution is -0.149. The number of nitrogens with zero attached hydrogens (tertiary/aromatic N) is 1. The topological polar surface area (TPSA) is 66.8 Å². The fraction of sp³-hybridized carbons (Fsp3) is 0.429. The number of carbonyl (C=O) groups excluding carboxylic acids is 1. The highest BCUT2D eigenvalue weighted by atomic mass is 19.1. The van der Waals surface area contributed by atoms with Crippen molar-refractivity contribution in [3.05, 3.63) is 30.1 Å². The highest BCUT2D eigenvalue weighted by molar-refractivity contribution is 5.83. The summed E-state index contributed by atoms with van der Waals surface area (Å²) in [7, 11) is 0. The zero-order chi connectivity index (χ0) is 15.3. The highest BCUT2D eigenvalue weighted by Gasteiger charge is 2.28. The third-order valence-electron chi connectivity index (χ3n) is 2.58. The Morgan fingerprint density at radius 2 is 1.80 bits per heavy atom. The molecule has 0 heterocycles. The van der Waals surface area contributed by atoms with E-state index in [0.29, 0.717) is 5.75 Å². The summed E-state index contributed by atoms with van der Waals surface area (Å²) in [6, 6.07) is 5.25. The number of amides is 1. The van der Waals surface area contributed by atoms with Crippen LogP contribution in [0.5, 0.6) is 5.75 Å². The van der Waals surface area contributed by atoms with Crippen molar-refractivity contribution in [1.82, 2.24) is 4.90 Å². The maximum atomic E-state index is 12.7. The molecule has 1 N–H and O–H groups in total. The number of carboxylic acids is 1. The summed E-state index contributed by atoms with van der Waals surface area (Å²) in [4.78, 5) is 24.0. The van der Waals surface area contributed by atoms with E-state index < -0.39 is 29.8 Å². The second-order valence-corrected chi connectivity index (χ2v) is 5.29. The van der Waals surface area contributed by atoms with Crippen LogP contribution in [0.2, 0.25) is 0 Å². The number of aliphatic carboxylic acids is 1. The molecule has 0 aromatic heterocycles. The molecule has 1 aromatic carbocycles. The first-order valence-electron chi connectivity index (χ1n) is 6.11. The van der Waals surface area contributed by atoms with Gasteiger partial charge in [0, 0.05) is 5.54 Å². The molecular weight excluding hydrogens is 265 g/mol. The second-order valence-electron chi connectivity index (χ2n) is 5.29. The summed E-state index contributed by atoms with van der Waals surface area (Å²) in [5.74, 6) is -1.57. The van der Waals surface area contributed by atoms with Crippen LogP contribution in [0.25, 0.3) is 0 Å². The molecule has 0 aliphatic heterocycles. The summed E-state index contributed by atoms with van der Waals surface area (Å²) < 4.78 is 17.9. The number of ether oxygens (including phenoxy) is 1. The van der Waals surface area contributed by atoms with E-state index in [1.807, 2.05) is 0 Å². The van der Waals surface area contributed by atoms with E-state index in [1.165, 1.54) is 29.2 Å². The largest absolute Gasteiger partial charge is 0.484 e. The van der Waals surface area contributed by atoms with Gasteiger partial charge in [-0.1, -0.05) is 0 Å². The van der Waals surface area contributed by atoms with E-state index in [4.69, 9.17) is 9.84 Å². The number of carbonyl (C=O) groups is 2. The van der Waals surface area contributed by atoms with Gasteiger partial charge in [0.2, 0.25) is 0 Å². The van der Waals surface area contributed by atoms with Gasteiger partial charge >= 0.3 is 5.97 Å². The summed E-state index contributed by atoms with van der Waals surface area (Å²) in [6.07, 6.45) is 0. The van der Waals surface area contributed by atoms with Gasteiger partial charge < -0.3 is 14.7 Å². The highest BCUT2D eigenvalue weighted by Crippen LogP contribution is 2.15. The molecule has 1 rings (SSSR count). The van der Waals surface area contributed by atoms with E-state index in [9.17, 15) is 14.0 Å². The fourth-order valence-corrected chi connectivity index (χ4v) is 1.59. The van der Waals surface area contributed by atoms with Crippen LogP contribution in [0.3, 0.4) is 0 Å². The number of halogens is 1. The van der Waals surface area contributed by atoms with Crippen molar-refractivity contribution >= 4 is 11.9 Å². The van der Waals surface area contributed by atoms with Crippen LogP contribution in [0.4, 0.5) is 4.39 Å². The first-order chi connectivity index (χ1) is 9.20. The van der Waals surface area contributed by atoms with E-state index in [1.54, 1.807) is 20.8 Å². The molecule has 1 amide bonds. The number of benzene rings is 1. The molecule has 0 unspecified atom stereocenters. The van der Waals surface area contributed by atoms with Crippen LogP contribution in [0.15, 0.2) is 24.3 Å². The molecule has 0 saturated heterocycles. The molecule has 20 heavy (non-hydrogen) atoms. The van der Waals surface area contributed by atoms with Crippen LogP contribution in [-0.4, -0.2) is 40.6 Å². The van der Waals surface area contributed by atoms with Gasteiger partial charge in [-0.25, -0.2) is 4.39 Å². The number of carboxylic acid groups (broad SMARTS) is 1. The van der Waals surface area contributed by atoms with Gasteiger partial charge in [0.15, 0.2) is 6.61 Å². The van der Waals surface area contributed by atoms with Crippen molar-refractivity contribution in [2.24, 2.45) is 0 Å². The third-order valence-corrected chi connectivity index (χ3v) is 2.58. The molecule has 0 atom stereocenters. The van der Waals surface area contributed by atoms with Gasteiger partial charge in [-0.3, -0.25) is 9.59 Å². The zero-order valence-corrected chi connectivity index (χ0v) is 11.7. The molecule has 1 aromatic rings. The Kier molecular flexibility index (Phi) is 5.07. The lowest BCUT2D eigenvalue weighted by Crippen LogP contribution is -2.50. The Morgan fingerprint density at radius 1 is 1.25 bits per heavy atom. The predicted octanol–water partition coefficient (Wildman–Crippen LogP) is 1.92. The lowest BCUT2D eigenvalue weighted by atomic mass is 10.1. The molecule has 5 nitrogen and oxygen atoms in total. The van der Waals surface area contributed by atoms with E-state index in [2.05, 4.69) is 0 Å². The average Bonchev–Trinajstić information content (AvgIpc) is 2.33. The van der Waals surface area contributed by atoms with E-state index in [-0.39, 0.29) is 6.61 Å². The van der Waals surface area contributed by atoms with Crippen molar-refractivity contribution in [2.45, 2.75) is 26.3 Å². The Hall–Kier alpha value is -2.11. The number of rotatable bonds is 5. The molecular formula is C14H18FNO4. The third kappa shape index (κ3) is 4.87. The Labute approximate surface area is 117 Å². The number of hydrogen-bond acceptors (Lipinski definition) is 3.